The Bertz CT molecular complexity index is 589. The summed E-state index contributed by atoms with van der Waals surface area (Å²) in [6, 6.07) is 1.50. The van der Waals surface area contributed by atoms with Crippen molar-refractivity contribution in [2.75, 3.05) is 0 Å². The van der Waals surface area contributed by atoms with Crippen LogP contribution in [-0.4, -0.2) is 23.3 Å². The first kappa shape index (κ1) is 13.9. The van der Waals surface area contributed by atoms with Gasteiger partial charge >= 0.3 is 7.12 Å². The summed E-state index contributed by atoms with van der Waals surface area (Å²) in [6.45, 7) is 7.89. The highest BCUT2D eigenvalue weighted by molar-refractivity contribution is 6.62. The Morgan fingerprint density at radius 1 is 1.20 bits per heavy atom. The van der Waals surface area contributed by atoms with E-state index in [1.54, 1.807) is 6.20 Å². The first-order chi connectivity index (χ1) is 9.16. The molecule has 0 spiro atoms. The second-order valence-electron chi connectivity index (χ2n) is 6.87. The lowest BCUT2D eigenvalue weighted by Crippen LogP contribution is -2.49. The summed E-state index contributed by atoms with van der Waals surface area (Å²) in [5, 5.41) is 0. The fourth-order valence-corrected chi connectivity index (χ4v) is 2.48. The molecule has 0 aromatic carbocycles. The van der Waals surface area contributed by atoms with Crippen molar-refractivity contribution in [3.8, 4) is 0 Å². The van der Waals surface area contributed by atoms with Gasteiger partial charge in [0.2, 0.25) is 0 Å². The molecule has 1 aliphatic carbocycles. The van der Waals surface area contributed by atoms with Gasteiger partial charge in [-0.3, -0.25) is 4.79 Å². The minimum atomic E-state index is -0.666. The minimum Gasteiger partial charge on any atom is -0.399 e. The summed E-state index contributed by atoms with van der Waals surface area (Å²) < 4.78 is 12.0. The Morgan fingerprint density at radius 3 is 2.25 bits per heavy atom. The third-order valence-electron chi connectivity index (χ3n) is 4.77. The molecule has 5 nitrogen and oxygen atoms in total. The Balaban J connectivity index is 2.06. The summed E-state index contributed by atoms with van der Waals surface area (Å²) in [6.07, 6.45) is 3.39. The van der Waals surface area contributed by atoms with Crippen molar-refractivity contribution in [1.82, 2.24) is 4.98 Å². The molecule has 1 aromatic heterocycles. The van der Waals surface area contributed by atoms with Crippen LogP contribution in [0.2, 0.25) is 0 Å². The molecule has 3 N–H and O–H groups in total. The van der Waals surface area contributed by atoms with Crippen LogP contribution in [0, 0.1) is 0 Å². The van der Waals surface area contributed by atoms with E-state index in [0.29, 0.717) is 5.46 Å². The fraction of sp³-hybridized carbons (Fsp3) is 0.643. The van der Waals surface area contributed by atoms with Gasteiger partial charge in [-0.25, -0.2) is 0 Å². The quantitative estimate of drug-likeness (QED) is 0.776. The van der Waals surface area contributed by atoms with E-state index in [4.69, 9.17) is 15.0 Å². The van der Waals surface area contributed by atoms with Crippen LogP contribution in [0.25, 0.3) is 0 Å². The van der Waals surface area contributed by atoms with Gasteiger partial charge in [-0.15, -0.1) is 0 Å². The van der Waals surface area contributed by atoms with Crippen molar-refractivity contribution < 1.29 is 9.31 Å². The van der Waals surface area contributed by atoms with Crippen LogP contribution in [0.5, 0.6) is 0 Å². The minimum absolute atomic E-state index is 0.0889. The van der Waals surface area contributed by atoms with Gasteiger partial charge in [0.1, 0.15) is 0 Å². The van der Waals surface area contributed by atoms with E-state index in [9.17, 15) is 4.79 Å². The van der Waals surface area contributed by atoms with Crippen molar-refractivity contribution in [2.45, 2.75) is 57.3 Å². The number of hydrogen-bond acceptors (Lipinski definition) is 4. The lowest BCUT2D eigenvalue weighted by Gasteiger charge is -2.32. The fourth-order valence-electron chi connectivity index (χ4n) is 2.48. The monoisotopic (exact) mass is 276 g/mol. The molecular weight excluding hydrogens is 255 g/mol. The number of pyridine rings is 1. The van der Waals surface area contributed by atoms with Crippen LogP contribution < -0.4 is 16.6 Å². The van der Waals surface area contributed by atoms with Crippen LogP contribution in [0.3, 0.4) is 0 Å². The Hall–Kier alpha value is -1.11. The maximum absolute atomic E-state index is 12.3. The zero-order valence-corrected chi connectivity index (χ0v) is 12.4. The molecule has 2 heterocycles. The molecule has 0 unspecified atom stereocenters. The van der Waals surface area contributed by atoms with E-state index in [1.165, 1.54) is 6.07 Å². The number of H-pyrrole nitrogens is 1. The van der Waals surface area contributed by atoms with Crippen LogP contribution in [-0.2, 0) is 14.8 Å². The number of nitrogens with one attached hydrogen (secondary N) is 1. The lowest BCUT2D eigenvalue weighted by molar-refractivity contribution is 0.00578. The number of nitrogens with two attached hydrogens (primary N) is 1. The lowest BCUT2D eigenvalue weighted by atomic mass is 9.75. The third-order valence-corrected chi connectivity index (χ3v) is 4.77. The molecule has 0 bridgehead atoms. The molecule has 0 atom stereocenters. The predicted octanol–water partition coefficient (Wildman–Crippen LogP) is 0.622. The standard InChI is InChI=1S/C14H21BN2O3/c1-12(2)13(3,4)20-15(19-12)10-9(18)5-8-17-11(10)14(16)6-7-14/h5,8H,6-7,16H2,1-4H3,(H,17,18). The average Bonchev–Trinajstić information content (AvgIpc) is 3.01. The number of aromatic nitrogens is 1. The summed E-state index contributed by atoms with van der Waals surface area (Å²) in [5.41, 5.74) is 6.07. The molecule has 108 valence electrons. The SMILES string of the molecule is CC1(C)OB(c2c(C3(N)CC3)[nH]ccc2=O)OC1(C)C. The smallest absolute Gasteiger partial charge is 0.399 e. The van der Waals surface area contributed by atoms with Gasteiger partial charge in [0, 0.05) is 18.0 Å². The van der Waals surface area contributed by atoms with Crippen LogP contribution in [0.15, 0.2) is 17.1 Å². The van der Waals surface area contributed by atoms with E-state index in [1.807, 2.05) is 27.7 Å². The van der Waals surface area contributed by atoms with Crippen molar-refractivity contribution >= 4 is 12.6 Å². The second-order valence-corrected chi connectivity index (χ2v) is 6.87. The van der Waals surface area contributed by atoms with Crippen LogP contribution in [0.4, 0.5) is 0 Å². The summed E-state index contributed by atoms with van der Waals surface area (Å²) in [7, 11) is -0.666. The van der Waals surface area contributed by atoms with Crippen molar-refractivity contribution in [2.24, 2.45) is 5.73 Å². The van der Waals surface area contributed by atoms with E-state index in [-0.39, 0.29) is 5.43 Å². The number of hydrogen-bond donors (Lipinski definition) is 2. The highest BCUT2D eigenvalue weighted by Gasteiger charge is 2.55. The summed E-state index contributed by atoms with van der Waals surface area (Å²) in [4.78, 5) is 15.4. The highest BCUT2D eigenvalue weighted by Crippen LogP contribution is 2.42. The maximum atomic E-state index is 12.3. The van der Waals surface area contributed by atoms with Crippen molar-refractivity contribution in [3.05, 3.63) is 28.2 Å². The average molecular weight is 276 g/mol. The molecule has 2 aliphatic rings. The van der Waals surface area contributed by atoms with Gasteiger partial charge in [0.25, 0.3) is 0 Å². The molecule has 1 aromatic rings. The van der Waals surface area contributed by atoms with Crippen molar-refractivity contribution in [3.63, 3.8) is 0 Å². The Labute approximate surface area is 119 Å². The Morgan fingerprint density at radius 2 is 1.75 bits per heavy atom. The van der Waals surface area contributed by atoms with Gasteiger partial charge in [0.15, 0.2) is 5.43 Å². The third kappa shape index (κ3) is 1.94. The van der Waals surface area contributed by atoms with Gasteiger partial charge in [-0.2, -0.15) is 0 Å². The van der Waals surface area contributed by atoms with Crippen molar-refractivity contribution in [1.29, 1.82) is 0 Å². The molecule has 20 heavy (non-hydrogen) atoms. The largest absolute Gasteiger partial charge is 0.500 e. The molecule has 3 rings (SSSR count). The van der Waals surface area contributed by atoms with Gasteiger partial charge < -0.3 is 20.0 Å². The topological polar surface area (TPSA) is 77.3 Å². The van der Waals surface area contributed by atoms with E-state index in [0.717, 1.165) is 18.5 Å². The van der Waals surface area contributed by atoms with E-state index in [2.05, 4.69) is 4.98 Å². The molecule has 0 amide bonds. The van der Waals surface area contributed by atoms with Crippen LogP contribution >= 0.6 is 0 Å². The molecule has 0 radical (unpaired) electrons. The second kappa shape index (κ2) is 3.96. The van der Waals surface area contributed by atoms with Crippen LogP contribution in [0.1, 0.15) is 46.2 Å². The van der Waals surface area contributed by atoms with E-state index < -0.39 is 23.9 Å². The normalized spacial score (nSPS) is 25.8. The molecule has 1 saturated heterocycles. The molecule has 1 saturated carbocycles. The first-order valence-corrected chi connectivity index (χ1v) is 7.03. The molecule has 1 aliphatic heterocycles. The molecular formula is C14H21BN2O3. The molecule has 2 fully saturated rings. The van der Waals surface area contributed by atoms with Gasteiger partial charge in [-0.1, -0.05) is 0 Å². The highest BCUT2D eigenvalue weighted by atomic mass is 16.7. The van der Waals surface area contributed by atoms with Gasteiger partial charge in [-0.05, 0) is 40.5 Å². The number of aromatic amines is 1. The molecule has 6 heteroatoms. The zero-order valence-electron chi connectivity index (χ0n) is 12.4. The summed E-state index contributed by atoms with van der Waals surface area (Å²) >= 11 is 0. The zero-order chi connectivity index (χ0) is 14.8. The summed E-state index contributed by atoms with van der Waals surface area (Å²) in [5.74, 6) is 0. The predicted molar refractivity (Wildman–Crippen MR) is 77.9 cm³/mol. The maximum Gasteiger partial charge on any atom is 0.500 e. The Kier molecular flexibility index (Phi) is 2.75. The van der Waals surface area contributed by atoms with E-state index >= 15 is 0 Å². The van der Waals surface area contributed by atoms with Gasteiger partial charge in [0.05, 0.1) is 22.2 Å². The first-order valence-electron chi connectivity index (χ1n) is 7.03. The number of rotatable bonds is 2.